The lowest BCUT2D eigenvalue weighted by Crippen LogP contribution is -2.01. The molecule has 0 bridgehead atoms. The van der Waals surface area contributed by atoms with Crippen LogP contribution in [0, 0.1) is 13.8 Å². The second-order valence-electron chi connectivity index (χ2n) is 5.91. The fourth-order valence-corrected chi connectivity index (χ4v) is 3.12. The van der Waals surface area contributed by atoms with E-state index in [-0.39, 0.29) is 0 Å². The highest BCUT2D eigenvalue weighted by Gasteiger charge is 2.12. The maximum absolute atomic E-state index is 11.9. The zero-order valence-corrected chi connectivity index (χ0v) is 15.6. The van der Waals surface area contributed by atoms with Gasteiger partial charge in [-0.3, -0.25) is 4.99 Å². The number of halogens is 1. The third-order valence-corrected chi connectivity index (χ3v) is 4.42. The van der Waals surface area contributed by atoms with Crippen LogP contribution in [0.4, 0.5) is 5.69 Å². The fourth-order valence-electron chi connectivity index (χ4n) is 2.94. The molecule has 0 saturated heterocycles. The van der Waals surface area contributed by atoms with Gasteiger partial charge in [0.2, 0.25) is 0 Å². The number of ether oxygens (including phenoxy) is 1. The Morgan fingerprint density at radius 1 is 1.12 bits per heavy atom. The molecule has 0 atom stereocenters. The molecule has 26 heavy (non-hydrogen) atoms. The van der Waals surface area contributed by atoms with E-state index in [0.29, 0.717) is 16.3 Å². The Labute approximate surface area is 157 Å². The largest absolute Gasteiger partial charge is 0.465 e. The highest BCUT2D eigenvalue weighted by Crippen LogP contribution is 2.24. The van der Waals surface area contributed by atoms with E-state index in [9.17, 15) is 4.79 Å². The molecule has 3 rings (SSSR count). The van der Waals surface area contributed by atoms with E-state index in [1.54, 1.807) is 24.4 Å². The zero-order valence-electron chi connectivity index (χ0n) is 14.9. The summed E-state index contributed by atoms with van der Waals surface area (Å²) in [5, 5.41) is 0.692. The highest BCUT2D eigenvalue weighted by atomic mass is 35.5. The molecule has 0 aliphatic heterocycles. The van der Waals surface area contributed by atoms with E-state index in [0.717, 1.165) is 22.6 Å². The van der Waals surface area contributed by atoms with Gasteiger partial charge in [0, 0.05) is 33.9 Å². The van der Waals surface area contributed by atoms with Gasteiger partial charge >= 0.3 is 5.97 Å². The Balaban J connectivity index is 1.99. The predicted octanol–water partition coefficient (Wildman–Crippen LogP) is 5.28. The highest BCUT2D eigenvalue weighted by molar-refractivity contribution is 6.30. The van der Waals surface area contributed by atoms with Crippen LogP contribution in [0.1, 0.15) is 27.3 Å². The van der Waals surface area contributed by atoms with Crippen molar-refractivity contribution in [1.82, 2.24) is 4.57 Å². The van der Waals surface area contributed by atoms with Crippen molar-refractivity contribution in [3.63, 3.8) is 0 Å². The maximum atomic E-state index is 11.9. The number of methoxy groups -OCH3 is 1. The number of carbonyl (C=O) groups is 1. The third kappa shape index (κ3) is 3.55. The van der Waals surface area contributed by atoms with Gasteiger partial charge in [-0.1, -0.05) is 29.8 Å². The molecule has 132 valence electrons. The van der Waals surface area contributed by atoms with Crippen LogP contribution < -0.4 is 0 Å². The first-order valence-corrected chi connectivity index (χ1v) is 8.55. The van der Waals surface area contributed by atoms with Crippen LogP contribution in [-0.4, -0.2) is 23.9 Å². The van der Waals surface area contributed by atoms with Crippen molar-refractivity contribution in [1.29, 1.82) is 0 Å². The van der Waals surface area contributed by atoms with Gasteiger partial charge < -0.3 is 9.30 Å². The molecular formula is C21H19ClN2O2. The van der Waals surface area contributed by atoms with Gasteiger partial charge in [-0.05, 0) is 50.2 Å². The van der Waals surface area contributed by atoms with E-state index in [2.05, 4.69) is 15.6 Å². The van der Waals surface area contributed by atoms with Crippen molar-refractivity contribution in [3.8, 4) is 5.69 Å². The maximum Gasteiger partial charge on any atom is 0.340 e. The van der Waals surface area contributed by atoms with Crippen LogP contribution in [0.2, 0.25) is 5.02 Å². The molecule has 5 heteroatoms. The van der Waals surface area contributed by atoms with Crippen molar-refractivity contribution >= 4 is 29.5 Å². The molecule has 0 saturated carbocycles. The van der Waals surface area contributed by atoms with Gasteiger partial charge in [0.25, 0.3) is 0 Å². The summed E-state index contributed by atoms with van der Waals surface area (Å²) in [7, 11) is 1.36. The van der Waals surface area contributed by atoms with E-state index in [1.165, 1.54) is 7.11 Å². The summed E-state index contributed by atoms with van der Waals surface area (Å²) < 4.78 is 6.94. The van der Waals surface area contributed by atoms with Gasteiger partial charge in [0.15, 0.2) is 0 Å². The van der Waals surface area contributed by atoms with Crippen molar-refractivity contribution in [2.24, 2.45) is 4.99 Å². The molecule has 0 aliphatic rings. The number of carbonyl (C=O) groups excluding carboxylic acids is 1. The molecule has 1 heterocycles. The number of aliphatic imine (C=N–C) groups is 1. The molecular weight excluding hydrogens is 348 g/mol. The number of aromatic nitrogens is 1. The molecule has 0 aliphatic carbocycles. The van der Waals surface area contributed by atoms with Gasteiger partial charge in [-0.25, -0.2) is 4.79 Å². The van der Waals surface area contributed by atoms with Crippen LogP contribution in [0.3, 0.4) is 0 Å². The minimum Gasteiger partial charge on any atom is -0.465 e. The van der Waals surface area contributed by atoms with E-state index in [4.69, 9.17) is 16.3 Å². The number of benzene rings is 2. The molecule has 3 aromatic rings. The van der Waals surface area contributed by atoms with Gasteiger partial charge in [0.1, 0.15) is 0 Å². The average molecular weight is 367 g/mol. The number of rotatable bonds is 4. The van der Waals surface area contributed by atoms with Gasteiger partial charge in [-0.15, -0.1) is 0 Å². The zero-order chi connectivity index (χ0) is 18.7. The lowest BCUT2D eigenvalue weighted by Gasteiger charge is -2.09. The van der Waals surface area contributed by atoms with Crippen molar-refractivity contribution in [2.45, 2.75) is 13.8 Å². The monoisotopic (exact) mass is 366 g/mol. The SMILES string of the molecule is COC(=O)c1ccccc1N=Cc1cc(C)n(-c2cccc(Cl)c2)c1C. The number of hydrogen-bond donors (Lipinski definition) is 0. The number of para-hydroxylation sites is 1. The summed E-state index contributed by atoms with van der Waals surface area (Å²) in [6.45, 7) is 4.06. The lowest BCUT2D eigenvalue weighted by atomic mass is 10.2. The van der Waals surface area contributed by atoms with E-state index in [1.807, 2.05) is 44.2 Å². The molecule has 0 fully saturated rings. The predicted molar refractivity (Wildman–Crippen MR) is 105 cm³/mol. The molecule has 2 aromatic carbocycles. The molecule has 0 spiro atoms. The molecule has 4 nitrogen and oxygen atoms in total. The third-order valence-electron chi connectivity index (χ3n) is 4.19. The van der Waals surface area contributed by atoms with Gasteiger partial charge in [0.05, 0.1) is 18.4 Å². The molecule has 0 N–H and O–H groups in total. The summed E-state index contributed by atoms with van der Waals surface area (Å²) in [4.78, 5) is 16.4. The van der Waals surface area contributed by atoms with Crippen LogP contribution in [-0.2, 0) is 4.74 Å². The van der Waals surface area contributed by atoms with E-state index < -0.39 is 5.97 Å². The number of aryl methyl sites for hydroxylation is 1. The lowest BCUT2D eigenvalue weighted by molar-refractivity contribution is 0.0601. The normalized spacial score (nSPS) is 11.1. The molecule has 0 amide bonds. The van der Waals surface area contributed by atoms with E-state index >= 15 is 0 Å². The van der Waals surface area contributed by atoms with Crippen molar-refractivity contribution < 1.29 is 9.53 Å². The smallest absolute Gasteiger partial charge is 0.340 e. The molecule has 0 radical (unpaired) electrons. The summed E-state index contributed by atoms with van der Waals surface area (Å²) >= 11 is 6.12. The summed E-state index contributed by atoms with van der Waals surface area (Å²) in [6.07, 6.45) is 1.77. The Hall–Kier alpha value is -2.85. The second-order valence-corrected chi connectivity index (χ2v) is 6.35. The van der Waals surface area contributed by atoms with Crippen LogP contribution >= 0.6 is 11.6 Å². The molecule has 0 unspecified atom stereocenters. The number of hydrogen-bond acceptors (Lipinski definition) is 3. The fraction of sp³-hybridized carbons (Fsp3) is 0.143. The minimum atomic E-state index is -0.401. The Morgan fingerprint density at radius 2 is 1.88 bits per heavy atom. The van der Waals surface area contributed by atoms with Crippen LogP contribution in [0.15, 0.2) is 59.6 Å². The summed E-state index contributed by atoms with van der Waals surface area (Å²) in [6, 6.07) is 16.9. The van der Waals surface area contributed by atoms with Crippen molar-refractivity contribution in [2.75, 3.05) is 7.11 Å². The first-order chi connectivity index (χ1) is 12.5. The second kappa shape index (κ2) is 7.58. The average Bonchev–Trinajstić information content (AvgIpc) is 2.93. The van der Waals surface area contributed by atoms with Crippen LogP contribution in [0.5, 0.6) is 0 Å². The quantitative estimate of drug-likeness (QED) is 0.465. The minimum absolute atomic E-state index is 0.401. The number of esters is 1. The summed E-state index contributed by atoms with van der Waals surface area (Å²) in [5.74, 6) is -0.401. The topological polar surface area (TPSA) is 43.6 Å². The summed E-state index contributed by atoms with van der Waals surface area (Å²) in [5.41, 5.74) is 5.11. The Morgan fingerprint density at radius 3 is 2.62 bits per heavy atom. The standard InChI is InChI=1S/C21H19ClN2O2/c1-14-11-16(15(2)24(14)18-8-6-7-17(22)12-18)13-23-20-10-5-4-9-19(20)21(25)26-3/h4-13H,1-3H3. The Bertz CT molecular complexity index is 989. The van der Waals surface area contributed by atoms with Crippen molar-refractivity contribution in [3.05, 3.63) is 82.1 Å². The van der Waals surface area contributed by atoms with Crippen LogP contribution in [0.25, 0.3) is 5.69 Å². The van der Waals surface area contributed by atoms with Gasteiger partial charge in [-0.2, -0.15) is 0 Å². The Kier molecular flexibility index (Phi) is 5.24. The first kappa shape index (κ1) is 18.0. The number of nitrogens with zero attached hydrogens (tertiary/aromatic N) is 2. The molecule has 1 aromatic heterocycles. The first-order valence-electron chi connectivity index (χ1n) is 8.17.